The minimum absolute atomic E-state index is 0.0428. The molecule has 0 aliphatic heterocycles. The highest BCUT2D eigenvalue weighted by Crippen LogP contribution is 2.25. The van der Waals surface area contributed by atoms with Gasteiger partial charge in [0.25, 0.3) is 0 Å². The van der Waals surface area contributed by atoms with Crippen molar-refractivity contribution in [3.63, 3.8) is 0 Å². The van der Waals surface area contributed by atoms with Crippen LogP contribution in [0, 0.1) is 17.5 Å². The van der Waals surface area contributed by atoms with E-state index in [2.05, 4.69) is 0 Å². The average Bonchev–Trinajstić information content (AvgIpc) is 2.31. The van der Waals surface area contributed by atoms with Gasteiger partial charge in [-0.3, -0.25) is 4.79 Å². The Morgan fingerprint density at radius 1 is 0.895 bits per heavy atom. The van der Waals surface area contributed by atoms with E-state index in [1.807, 2.05) is 0 Å². The number of benzene rings is 2. The molecule has 0 amide bonds. The maximum atomic E-state index is 13.5. The monoisotopic (exact) mass is 304 g/mol. The molecule has 0 bridgehead atoms. The second kappa shape index (κ2) is 5.23. The minimum atomic E-state index is -1.27. The summed E-state index contributed by atoms with van der Waals surface area (Å²) < 4.78 is 39.7. The Bertz CT molecular complexity index is 648. The number of ketones is 1. The fourth-order valence-corrected chi connectivity index (χ4v) is 1.84. The summed E-state index contributed by atoms with van der Waals surface area (Å²) >= 11 is 11.4. The summed E-state index contributed by atoms with van der Waals surface area (Å²) in [6, 6.07) is 4.67. The first-order valence-electron chi connectivity index (χ1n) is 5.04. The molecule has 0 atom stereocenters. The molecule has 0 fully saturated rings. The molecule has 0 unspecified atom stereocenters. The largest absolute Gasteiger partial charge is 0.288 e. The summed E-state index contributed by atoms with van der Waals surface area (Å²) in [5.74, 6) is -4.57. The Kier molecular flexibility index (Phi) is 3.83. The predicted octanol–water partition coefficient (Wildman–Crippen LogP) is 4.64. The smallest absolute Gasteiger partial charge is 0.198 e. The molecule has 6 heteroatoms. The van der Waals surface area contributed by atoms with E-state index in [1.54, 1.807) is 0 Å². The molecule has 2 aromatic carbocycles. The summed E-state index contributed by atoms with van der Waals surface area (Å²) in [5, 5.41) is 0.286. The highest BCUT2D eigenvalue weighted by Gasteiger charge is 2.20. The van der Waals surface area contributed by atoms with Crippen LogP contribution in [0.1, 0.15) is 15.9 Å². The lowest BCUT2D eigenvalue weighted by molar-refractivity contribution is 0.103. The van der Waals surface area contributed by atoms with Gasteiger partial charge >= 0.3 is 0 Å². The number of carbonyl (C=O) groups excluding carboxylic acids is 1. The van der Waals surface area contributed by atoms with Crippen molar-refractivity contribution >= 4 is 29.0 Å². The van der Waals surface area contributed by atoms with Crippen LogP contribution in [0.2, 0.25) is 10.0 Å². The van der Waals surface area contributed by atoms with Gasteiger partial charge in [0.2, 0.25) is 0 Å². The zero-order valence-corrected chi connectivity index (χ0v) is 10.7. The van der Waals surface area contributed by atoms with Crippen LogP contribution < -0.4 is 0 Å². The van der Waals surface area contributed by atoms with Crippen LogP contribution in [0.25, 0.3) is 0 Å². The molecule has 0 N–H and O–H groups in total. The molecule has 0 aromatic heterocycles. The molecule has 0 aliphatic rings. The maximum absolute atomic E-state index is 13.5. The number of hydrogen-bond donors (Lipinski definition) is 0. The normalized spacial score (nSPS) is 10.6. The molecular formula is C13H5Cl2F3O. The van der Waals surface area contributed by atoms with Crippen molar-refractivity contribution in [2.24, 2.45) is 0 Å². The van der Waals surface area contributed by atoms with Gasteiger partial charge in [-0.05, 0) is 18.2 Å². The third kappa shape index (κ3) is 2.74. The molecule has 98 valence electrons. The van der Waals surface area contributed by atoms with Crippen molar-refractivity contribution < 1.29 is 18.0 Å². The van der Waals surface area contributed by atoms with Crippen LogP contribution in [0.15, 0.2) is 30.3 Å². The Morgan fingerprint density at radius 2 is 1.47 bits per heavy atom. The lowest BCUT2D eigenvalue weighted by Gasteiger charge is -2.05. The molecule has 0 aliphatic carbocycles. The maximum Gasteiger partial charge on any atom is 0.198 e. The fraction of sp³-hybridized carbons (Fsp3) is 0. The van der Waals surface area contributed by atoms with Gasteiger partial charge in [-0.2, -0.15) is 0 Å². The highest BCUT2D eigenvalue weighted by molar-refractivity contribution is 6.42. The van der Waals surface area contributed by atoms with Crippen molar-refractivity contribution in [2.75, 3.05) is 0 Å². The third-order valence-electron chi connectivity index (χ3n) is 2.42. The first kappa shape index (κ1) is 13.9. The van der Waals surface area contributed by atoms with Gasteiger partial charge in [0.05, 0.1) is 15.6 Å². The topological polar surface area (TPSA) is 17.1 Å². The van der Waals surface area contributed by atoms with Gasteiger partial charge < -0.3 is 0 Å². The SMILES string of the molecule is O=C(c1ccc(Cl)c(Cl)c1)c1c(F)cc(F)cc1F. The second-order valence-corrected chi connectivity index (χ2v) is 4.52. The minimum Gasteiger partial charge on any atom is -0.288 e. The van der Waals surface area contributed by atoms with Gasteiger partial charge in [-0.25, -0.2) is 13.2 Å². The summed E-state index contributed by atoms with van der Waals surface area (Å²) in [4.78, 5) is 12.0. The molecule has 19 heavy (non-hydrogen) atoms. The lowest BCUT2D eigenvalue weighted by atomic mass is 10.0. The van der Waals surface area contributed by atoms with Gasteiger partial charge in [0.1, 0.15) is 17.5 Å². The summed E-state index contributed by atoms with van der Waals surface area (Å²) in [7, 11) is 0. The van der Waals surface area contributed by atoms with Gasteiger partial charge in [0, 0.05) is 17.7 Å². The van der Waals surface area contributed by atoms with Crippen molar-refractivity contribution in [1.82, 2.24) is 0 Å². The van der Waals surface area contributed by atoms with Crippen molar-refractivity contribution in [1.29, 1.82) is 0 Å². The molecule has 0 saturated heterocycles. The summed E-state index contributed by atoms with van der Waals surface area (Å²) in [6.45, 7) is 0. The van der Waals surface area contributed by atoms with E-state index in [1.165, 1.54) is 18.2 Å². The van der Waals surface area contributed by atoms with E-state index in [-0.39, 0.29) is 15.6 Å². The first-order chi connectivity index (χ1) is 8.90. The highest BCUT2D eigenvalue weighted by atomic mass is 35.5. The van der Waals surface area contributed by atoms with Gasteiger partial charge in [-0.1, -0.05) is 23.2 Å². The van der Waals surface area contributed by atoms with Crippen molar-refractivity contribution in [2.45, 2.75) is 0 Å². The van der Waals surface area contributed by atoms with Crippen LogP contribution >= 0.6 is 23.2 Å². The van der Waals surface area contributed by atoms with Crippen LogP contribution in [-0.4, -0.2) is 5.78 Å². The van der Waals surface area contributed by atoms with Crippen molar-refractivity contribution in [3.05, 3.63) is 69.0 Å². The van der Waals surface area contributed by atoms with Crippen LogP contribution in [0.5, 0.6) is 0 Å². The Morgan fingerprint density at radius 3 is 2.00 bits per heavy atom. The second-order valence-electron chi connectivity index (χ2n) is 3.70. The summed E-state index contributed by atoms with van der Waals surface area (Å²) in [6.07, 6.45) is 0. The molecule has 2 rings (SSSR count). The van der Waals surface area contributed by atoms with Crippen LogP contribution in [0.4, 0.5) is 13.2 Å². The molecule has 0 saturated carbocycles. The van der Waals surface area contributed by atoms with E-state index >= 15 is 0 Å². The Hall–Kier alpha value is -1.52. The Labute approximate surface area is 116 Å². The molecule has 0 spiro atoms. The molecule has 1 nitrogen and oxygen atoms in total. The number of carbonyl (C=O) groups is 1. The zero-order valence-electron chi connectivity index (χ0n) is 9.18. The molecular weight excluding hydrogens is 300 g/mol. The first-order valence-corrected chi connectivity index (χ1v) is 5.80. The molecule has 0 radical (unpaired) electrons. The zero-order chi connectivity index (χ0) is 14.2. The van der Waals surface area contributed by atoms with E-state index in [0.717, 1.165) is 0 Å². The predicted molar refractivity (Wildman–Crippen MR) is 66.2 cm³/mol. The third-order valence-corrected chi connectivity index (χ3v) is 3.15. The van der Waals surface area contributed by atoms with E-state index in [9.17, 15) is 18.0 Å². The molecule has 2 aromatic rings. The van der Waals surface area contributed by atoms with E-state index in [0.29, 0.717) is 12.1 Å². The van der Waals surface area contributed by atoms with E-state index in [4.69, 9.17) is 23.2 Å². The number of rotatable bonds is 2. The number of halogens is 5. The van der Waals surface area contributed by atoms with E-state index < -0.39 is 28.8 Å². The quantitative estimate of drug-likeness (QED) is 0.739. The standard InChI is InChI=1S/C13H5Cl2F3O/c14-8-2-1-6(3-9(8)15)13(19)12-10(17)4-7(16)5-11(12)18/h1-5H. The Balaban J connectivity index is 2.53. The van der Waals surface area contributed by atoms with Gasteiger partial charge in [0.15, 0.2) is 5.78 Å². The summed E-state index contributed by atoms with van der Waals surface area (Å²) in [5.41, 5.74) is -0.876. The molecule has 0 heterocycles. The van der Waals surface area contributed by atoms with Crippen molar-refractivity contribution in [3.8, 4) is 0 Å². The van der Waals surface area contributed by atoms with Gasteiger partial charge in [-0.15, -0.1) is 0 Å². The average molecular weight is 305 g/mol. The van der Waals surface area contributed by atoms with Crippen LogP contribution in [0.3, 0.4) is 0 Å². The fourth-order valence-electron chi connectivity index (χ4n) is 1.54. The number of hydrogen-bond acceptors (Lipinski definition) is 1. The lowest BCUT2D eigenvalue weighted by Crippen LogP contribution is -2.08. The van der Waals surface area contributed by atoms with Crippen LogP contribution in [-0.2, 0) is 0 Å².